The number of fused-ring (bicyclic) bond motifs is 1. The lowest BCUT2D eigenvalue weighted by Gasteiger charge is -2.25. The number of aliphatic hydroxyl groups excluding tert-OH is 2. The molecule has 0 saturated heterocycles. The summed E-state index contributed by atoms with van der Waals surface area (Å²) in [6.07, 6.45) is 0.560. The molecule has 1 aliphatic rings. The van der Waals surface area contributed by atoms with E-state index >= 15 is 0 Å². The van der Waals surface area contributed by atoms with Crippen LogP contribution in [0.5, 0.6) is 0 Å². The van der Waals surface area contributed by atoms with Crippen molar-refractivity contribution in [3.63, 3.8) is 0 Å². The Labute approximate surface area is 71.5 Å². The van der Waals surface area contributed by atoms with Gasteiger partial charge in [-0.2, -0.15) is 0 Å². The maximum Gasteiger partial charge on any atom is 0.0794 e. The molecule has 2 nitrogen and oxygen atoms in total. The zero-order valence-electron chi connectivity index (χ0n) is 6.77. The highest BCUT2D eigenvalue weighted by Gasteiger charge is 2.23. The average Bonchev–Trinajstić information content (AvgIpc) is 2.12. The predicted octanol–water partition coefficient (Wildman–Crippen LogP) is 1.55. The zero-order chi connectivity index (χ0) is 8.55. The summed E-state index contributed by atoms with van der Waals surface area (Å²) in [5.74, 6) is 0. The van der Waals surface area contributed by atoms with Gasteiger partial charge in [0.05, 0.1) is 12.2 Å². The summed E-state index contributed by atoms with van der Waals surface area (Å²) >= 11 is 0. The highest BCUT2D eigenvalue weighted by molar-refractivity contribution is 5.32. The Morgan fingerprint density at radius 2 is 1.33 bits per heavy atom. The molecule has 0 radical (unpaired) electrons. The van der Waals surface area contributed by atoms with Crippen molar-refractivity contribution in [1.29, 1.82) is 0 Å². The normalized spacial score (nSPS) is 28.2. The van der Waals surface area contributed by atoms with Crippen molar-refractivity contribution in [2.75, 3.05) is 0 Å². The Balaban J connectivity index is 2.47. The van der Waals surface area contributed by atoms with E-state index in [2.05, 4.69) is 0 Å². The van der Waals surface area contributed by atoms with E-state index in [0.717, 1.165) is 11.1 Å². The van der Waals surface area contributed by atoms with Crippen LogP contribution in [0.2, 0.25) is 0 Å². The van der Waals surface area contributed by atoms with E-state index in [4.69, 9.17) is 0 Å². The molecule has 2 rings (SSSR count). The van der Waals surface area contributed by atoms with Gasteiger partial charge < -0.3 is 10.2 Å². The van der Waals surface area contributed by atoms with Gasteiger partial charge in [-0.3, -0.25) is 0 Å². The SMILES string of the molecule is O[C@H]1CC[C@H](O)c2ccccc21. The quantitative estimate of drug-likeness (QED) is 0.610. The van der Waals surface area contributed by atoms with Gasteiger partial charge in [0.15, 0.2) is 0 Å². The second kappa shape index (κ2) is 2.88. The molecule has 0 aliphatic heterocycles. The summed E-state index contributed by atoms with van der Waals surface area (Å²) in [6, 6.07) is 7.53. The number of hydrogen-bond acceptors (Lipinski definition) is 2. The van der Waals surface area contributed by atoms with Gasteiger partial charge in [0.1, 0.15) is 0 Å². The monoisotopic (exact) mass is 164 g/mol. The van der Waals surface area contributed by atoms with Crippen LogP contribution in [0.25, 0.3) is 0 Å². The Morgan fingerprint density at radius 3 is 1.75 bits per heavy atom. The van der Waals surface area contributed by atoms with E-state index in [1.54, 1.807) is 0 Å². The Kier molecular flexibility index (Phi) is 1.87. The van der Waals surface area contributed by atoms with Gasteiger partial charge in [0.2, 0.25) is 0 Å². The largest absolute Gasteiger partial charge is 0.388 e. The van der Waals surface area contributed by atoms with Crippen LogP contribution < -0.4 is 0 Å². The number of hydrogen-bond donors (Lipinski definition) is 2. The van der Waals surface area contributed by atoms with E-state index < -0.39 is 0 Å². The van der Waals surface area contributed by atoms with E-state index in [-0.39, 0.29) is 12.2 Å². The van der Waals surface area contributed by atoms with Crippen LogP contribution in [-0.2, 0) is 0 Å². The van der Waals surface area contributed by atoms with Crippen LogP contribution in [0.15, 0.2) is 24.3 Å². The first-order valence-corrected chi connectivity index (χ1v) is 4.24. The van der Waals surface area contributed by atoms with Gasteiger partial charge in [0, 0.05) is 0 Å². The Hall–Kier alpha value is -0.860. The van der Waals surface area contributed by atoms with E-state index in [9.17, 15) is 10.2 Å². The first-order valence-electron chi connectivity index (χ1n) is 4.24. The van der Waals surface area contributed by atoms with Crippen LogP contribution in [0.4, 0.5) is 0 Å². The second-order valence-corrected chi connectivity index (χ2v) is 3.24. The predicted molar refractivity (Wildman–Crippen MR) is 45.6 cm³/mol. The minimum Gasteiger partial charge on any atom is -0.388 e. The molecule has 12 heavy (non-hydrogen) atoms. The maximum absolute atomic E-state index is 9.57. The highest BCUT2D eigenvalue weighted by atomic mass is 16.3. The number of aliphatic hydroxyl groups is 2. The van der Waals surface area contributed by atoms with Crippen LogP contribution in [0, 0.1) is 0 Å². The minimum atomic E-state index is -0.385. The lowest BCUT2D eigenvalue weighted by molar-refractivity contribution is 0.0910. The summed E-state index contributed by atoms with van der Waals surface area (Å²) in [5.41, 5.74) is 1.77. The molecular formula is C10H12O2. The van der Waals surface area contributed by atoms with Gasteiger partial charge in [-0.05, 0) is 24.0 Å². The third kappa shape index (κ3) is 1.13. The molecule has 1 aromatic rings. The van der Waals surface area contributed by atoms with Crippen molar-refractivity contribution in [2.45, 2.75) is 25.0 Å². The molecule has 0 aromatic heterocycles. The summed E-state index contributed by atoms with van der Waals surface area (Å²) in [6.45, 7) is 0. The maximum atomic E-state index is 9.57. The standard InChI is InChI=1S/C10H12O2/c11-9-5-6-10(12)8-4-2-1-3-7(8)9/h1-4,9-12H,5-6H2/t9-,10-/m0/s1. The topological polar surface area (TPSA) is 40.5 Å². The lowest BCUT2D eigenvalue weighted by Crippen LogP contribution is -2.13. The van der Waals surface area contributed by atoms with Crippen LogP contribution in [-0.4, -0.2) is 10.2 Å². The molecule has 1 aliphatic carbocycles. The van der Waals surface area contributed by atoms with Gasteiger partial charge in [-0.1, -0.05) is 24.3 Å². The van der Waals surface area contributed by atoms with Crippen LogP contribution >= 0.6 is 0 Å². The van der Waals surface area contributed by atoms with Crippen LogP contribution in [0.1, 0.15) is 36.2 Å². The fourth-order valence-corrected chi connectivity index (χ4v) is 1.74. The molecule has 0 fully saturated rings. The summed E-state index contributed by atoms with van der Waals surface area (Å²) in [7, 11) is 0. The second-order valence-electron chi connectivity index (χ2n) is 3.24. The van der Waals surface area contributed by atoms with Crippen molar-refractivity contribution in [3.8, 4) is 0 Å². The first-order chi connectivity index (χ1) is 5.79. The van der Waals surface area contributed by atoms with Gasteiger partial charge in [0.25, 0.3) is 0 Å². The fourth-order valence-electron chi connectivity index (χ4n) is 1.74. The van der Waals surface area contributed by atoms with E-state index in [1.165, 1.54) is 0 Å². The van der Waals surface area contributed by atoms with E-state index in [1.807, 2.05) is 24.3 Å². The van der Waals surface area contributed by atoms with Gasteiger partial charge in [-0.25, -0.2) is 0 Å². The fraction of sp³-hybridized carbons (Fsp3) is 0.400. The molecular weight excluding hydrogens is 152 g/mol. The van der Waals surface area contributed by atoms with Gasteiger partial charge >= 0.3 is 0 Å². The Morgan fingerprint density at radius 1 is 0.917 bits per heavy atom. The number of rotatable bonds is 0. The molecule has 2 N–H and O–H groups in total. The summed E-state index contributed by atoms with van der Waals surface area (Å²) < 4.78 is 0. The molecule has 64 valence electrons. The smallest absolute Gasteiger partial charge is 0.0794 e. The number of benzene rings is 1. The molecule has 0 unspecified atom stereocenters. The third-order valence-corrected chi connectivity index (χ3v) is 2.43. The van der Waals surface area contributed by atoms with Gasteiger partial charge in [-0.15, -0.1) is 0 Å². The molecule has 0 heterocycles. The summed E-state index contributed by atoms with van der Waals surface area (Å²) in [4.78, 5) is 0. The van der Waals surface area contributed by atoms with Crippen molar-refractivity contribution in [1.82, 2.24) is 0 Å². The van der Waals surface area contributed by atoms with Crippen LogP contribution in [0.3, 0.4) is 0 Å². The molecule has 1 aromatic carbocycles. The molecule has 0 bridgehead atoms. The third-order valence-electron chi connectivity index (χ3n) is 2.43. The first kappa shape index (κ1) is 7.77. The average molecular weight is 164 g/mol. The van der Waals surface area contributed by atoms with Crippen molar-refractivity contribution in [3.05, 3.63) is 35.4 Å². The summed E-state index contributed by atoms with van der Waals surface area (Å²) in [5, 5.41) is 19.1. The van der Waals surface area contributed by atoms with Crippen molar-refractivity contribution < 1.29 is 10.2 Å². The molecule has 0 amide bonds. The lowest BCUT2D eigenvalue weighted by atomic mass is 9.87. The molecule has 2 atom stereocenters. The minimum absolute atomic E-state index is 0.385. The van der Waals surface area contributed by atoms with E-state index in [0.29, 0.717) is 12.8 Å². The van der Waals surface area contributed by atoms with Crippen molar-refractivity contribution >= 4 is 0 Å². The van der Waals surface area contributed by atoms with Crippen molar-refractivity contribution in [2.24, 2.45) is 0 Å². The highest BCUT2D eigenvalue weighted by Crippen LogP contribution is 2.35. The Bertz CT molecular complexity index is 254. The molecule has 2 heteroatoms. The molecule has 0 saturated carbocycles. The molecule has 0 spiro atoms. The zero-order valence-corrected chi connectivity index (χ0v) is 6.77.